The molecule has 0 aliphatic heterocycles. The van der Waals surface area contributed by atoms with Gasteiger partial charge in [-0.05, 0) is 51.2 Å². The van der Waals surface area contributed by atoms with Gasteiger partial charge in [0.1, 0.15) is 0 Å². The number of halogens is 3. The first-order chi connectivity index (χ1) is 10.7. The molecule has 0 aliphatic carbocycles. The van der Waals surface area contributed by atoms with Crippen LogP contribution in [0.3, 0.4) is 0 Å². The van der Waals surface area contributed by atoms with Crippen molar-refractivity contribution in [2.75, 3.05) is 45.2 Å². The average Bonchev–Trinajstić information content (AvgIpc) is 2.49. The molecule has 1 rings (SSSR count). The van der Waals surface area contributed by atoms with Gasteiger partial charge in [-0.3, -0.25) is 9.69 Å². The molecule has 0 fully saturated rings. The summed E-state index contributed by atoms with van der Waals surface area (Å²) >= 11 is 0. The third-order valence-electron chi connectivity index (χ3n) is 3.50. The summed E-state index contributed by atoms with van der Waals surface area (Å²) in [4.78, 5) is 15.2. The Bertz CT molecular complexity index is 488. The Morgan fingerprint density at radius 2 is 1.78 bits per heavy atom. The van der Waals surface area contributed by atoms with Crippen LogP contribution in [0.4, 0.5) is 18.9 Å². The van der Waals surface area contributed by atoms with Gasteiger partial charge in [-0.15, -0.1) is 0 Å². The average molecular weight is 331 g/mol. The van der Waals surface area contributed by atoms with E-state index in [1.165, 1.54) is 11.9 Å². The summed E-state index contributed by atoms with van der Waals surface area (Å²) in [5.74, 6) is -0.214. The molecular weight excluding hydrogens is 307 g/mol. The topological polar surface area (TPSA) is 35.6 Å². The van der Waals surface area contributed by atoms with Crippen molar-refractivity contribution >= 4 is 11.6 Å². The standard InChI is InChI=1S/C16H24F3N3O/c1-4-22(3)14-8-6-13(7-9-14)15(23)20-10-5-11-21(2)12-16(17,18)19/h6-9H,4-5,10-12H2,1-3H3,(H,20,23). The van der Waals surface area contributed by atoms with Crippen molar-refractivity contribution in [3.63, 3.8) is 0 Å². The van der Waals surface area contributed by atoms with Crippen molar-refractivity contribution < 1.29 is 18.0 Å². The zero-order valence-corrected chi connectivity index (χ0v) is 13.8. The zero-order chi connectivity index (χ0) is 17.5. The van der Waals surface area contributed by atoms with Crippen molar-refractivity contribution in [3.8, 4) is 0 Å². The van der Waals surface area contributed by atoms with Gasteiger partial charge in [0.2, 0.25) is 0 Å². The summed E-state index contributed by atoms with van der Waals surface area (Å²) in [6.45, 7) is 2.60. The predicted octanol–water partition coefficient (Wildman–Crippen LogP) is 2.76. The van der Waals surface area contributed by atoms with Crippen LogP contribution in [0.1, 0.15) is 23.7 Å². The predicted molar refractivity (Wildman–Crippen MR) is 85.9 cm³/mol. The maximum atomic E-state index is 12.2. The van der Waals surface area contributed by atoms with E-state index in [1.807, 2.05) is 26.1 Å². The summed E-state index contributed by atoms with van der Waals surface area (Å²) in [7, 11) is 3.38. The van der Waals surface area contributed by atoms with Gasteiger partial charge in [0, 0.05) is 31.4 Å². The SMILES string of the molecule is CCN(C)c1ccc(C(=O)NCCCN(C)CC(F)(F)F)cc1. The van der Waals surface area contributed by atoms with Crippen LogP contribution in [0, 0.1) is 0 Å². The molecule has 1 aromatic carbocycles. The Morgan fingerprint density at radius 1 is 1.17 bits per heavy atom. The van der Waals surface area contributed by atoms with Gasteiger partial charge >= 0.3 is 6.18 Å². The molecule has 4 nitrogen and oxygen atoms in total. The van der Waals surface area contributed by atoms with Gasteiger partial charge in [0.15, 0.2) is 0 Å². The number of hydrogen-bond donors (Lipinski definition) is 1. The van der Waals surface area contributed by atoms with Crippen molar-refractivity contribution in [2.45, 2.75) is 19.5 Å². The smallest absolute Gasteiger partial charge is 0.375 e. The van der Waals surface area contributed by atoms with Crippen molar-refractivity contribution in [1.29, 1.82) is 0 Å². The molecule has 7 heteroatoms. The molecule has 0 spiro atoms. The molecule has 0 saturated carbocycles. The molecule has 0 atom stereocenters. The van der Waals surface area contributed by atoms with Crippen LogP contribution in [0.25, 0.3) is 0 Å². The number of carbonyl (C=O) groups is 1. The molecular formula is C16H24F3N3O. The van der Waals surface area contributed by atoms with E-state index < -0.39 is 12.7 Å². The van der Waals surface area contributed by atoms with Gasteiger partial charge in [-0.25, -0.2) is 0 Å². The van der Waals surface area contributed by atoms with Gasteiger partial charge in [-0.2, -0.15) is 13.2 Å². The Hall–Kier alpha value is -1.76. The van der Waals surface area contributed by atoms with E-state index in [0.29, 0.717) is 18.5 Å². The maximum absolute atomic E-state index is 12.2. The van der Waals surface area contributed by atoms with Gasteiger partial charge in [-0.1, -0.05) is 0 Å². The number of nitrogens with one attached hydrogen (secondary N) is 1. The second-order valence-electron chi connectivity index (χ2n) is 5.52. The lowest BCUT2D eigenvalue weighted by atomic mass is 10.2. The van der Waals surface area contributed by atoms with E-state index in [2.05, 4.69) is 10.2 Å². The Labute approximate surface area is 135 Å². The Morgan fingerprint density at radius 3 is 2.30 bits per heavy atom. The minimum atomic E-state index is -4.19. The first-order valence-corrected chi connectivity index (χ1v) is 7.57. The zero-order valence-electron chi connectivity index (χ0n) is 13.8. The summed E-state index contributed by atoms with van der Waals surface area (Å²) < 4.78 is 36.5. The van der Waals surface area contributed by atoms with Gasteiger partial charge in [0.25, 0.3) is 5.91 Å². The van der Waals surface area contributed by atoms with Crippen molar-refractivity contribution in [3.05, 3.63) is 29.8 Å². The van der Waals surface area contributed by atoms with Crippen LogP contribution in [0.5, 0.6) is 0 Å². The minimum absolute atomic E-state index is 0.214. The lowest BCUT2D eigenvalue weighted by Gasteiger charge is -2.18. The van der Waals surface area contributed by atoms with E-state index in [1.54, 1.807) is 12.1 Å². The number of alkyl halides is 3. The molecule has 130 valence electrons. The summed E-state index contributed by atoms with van der Waals surface area (Å²) in [5.41, 5.74) is 1.57. The highest BCUT2D eigenvalue weighted by Gasteiger charge is 2.28. The lowest BCUT2D eigenvalue weighted by molar-refractivity contribution is -0.143. The van der Waals surface area contributed by atoms with Crippen LogP contribution in [-0.4, -0.2) is 57.3 Å². The molecule has 1 aromatic rings. The fraction of sp³-hybridized carbons (Fsp3) is 0.562. The molecule has 1 amide bonds. The van der Waals surface area contributed by atoms with Crippen molar-refractivity contribution in [2.24, 2.45) is 0 Å². The maximum Gasteiger partial charge on any atom is 0.401 e. The van der Waals surface area contributed by atoms with E-state index >= 15 is 0 Å². The van der Waals surface area contributed by atoms with E-state index in [-0.39, 0.29) is 12.5 Å². The highest BCUT2D eigenvalue weighted by Crippen LogP contribution is 2.15. The monoisotopic (exact) mass is 331 g/mol. The van der Waals surface area contributed by atoms with Gasteiger partial charge < -0.3 is 10.2 Å². The van der Waals surface area contributed by atoms with E-state index in [0.717, 1.165) is 12.2 Å². The molecule has 0 saturated heterocycles. The highest BCUT2D eigenvalue weighted by atomic mass is 19.4. The van der Waals surface area contributed by atoms with Gasteiger partial charge in [0.05, 0.1) is 6.54 Å². The number of benzene rings is 1. The summed E-state index contributed by atoms with van der Waals surface area (Å²) in [5, 5.41) is 2.72. The second-order valence-corrected chi connectivity index (χ2v) is 5.52. The summed E-state index contributed by atoms with van der Waals surface area (Å²) in [6.07, 6.45) is -3.72. The van der Waals surface area contributed by atoms with Crippen LogP contribution < -0.4 is 10.2 Å². The highest BCUT2D eigenvalue weighted by molar-refractivity contribution is 5.94. The minimum Gasteiger partial charge on any atom is -0.375 e. The van der Waals surface area contributed by atoms with Crippen LogP contribution in [0.2, 0.25) is 0 Å². The normalized spacial score (nSPS) is 11.6. The largest absolute Gasteiger partial charge is 0.401 e. The number of rotatable bonds is 8. The lowest BCUT2D eigenvalue weighted by Crippen LogP contribution is -2.33. The third-order valence-corrected chi connectivity index (χ3v) is 3.50. The molecule has 0 radical (unpaired) electrons. The molecule has 0 bridgehead atoms. The van der Waals surface area contributed by atoms with Crippen LogP contribution >= 0.6 is 0 Å². The van der Waals surface area contributed by atoms with Crippen LogP contribution in [-0.2, 0) is 0 Å². The first-order valence-electron chi connectivity index (χ1n) is 7.57. The molecule has 0 aliphatic rings. The number of anilines is 1. The quantitative estimate of drug-likeness (QED) is 0.744. The molecule has 0 unspecified atom stereocenters. The molecule has 1 N–H and O–H groups in total. The molecule has 0 aromatic heterocycles. The fourth-order valence-electron chi connectivity index (χ4n) is 2.09. The Balaban J connectivity index is 2.34. The third kappa shape index (κ3) is 7.36. The number of carbonyl (C=O) groups excluding carboxylic acids is 1. The molecule has 23 heavy (non-hydrogen) atoms. The van der Waals surface area contributed by atoms with Crippen molar-refractivity contribution in [1.82, 2.24) is 10.2 Å². The van der Waals surface area contributed by atoms with E-state index in [4.69, 9.17) is 0 Å². The second kappa shape index (κ2) is 8.76. The Kier molecular flexibility index (Phi) is 7.35. The van der Waals surface area contributed by atoms with Crippen LogP contribution in [0.15, 0.2) is 24.3 Å². The number of nitrogens with zero attached hydrogens (tertiary/aromatic N) is 2. The summed E-state index contributed by atoms with van der Waals surface area (Å²) in [6, 6.07) is 7.23. The fourth-order valence-corrected chi connectivity index (χ4v) is 2.09. The first kappa shape index (κ1) is 19.3. The van der Waals surface area contributed by atoms with E-state index in [9.17, 15) is 18.0 Å². The number of hydrogen-bond acceptors (Lipinski definition) is 3. The molecule has 0 heterocycles. The number of amides is 1.